The smallest absolute Gasteiger partial charge is 0.240 e. The molecule has 1 heterocycles. The topological polar surface area (TPSA) is 62.7 Å². The van der Waals surface area contributed by atoms with Gasteiger partial charge in [-0.05, 0) is 50.2 Å². The summed E-state index contributed by atoms with van der Waals surface area (Å²) in [5.41, 5.74) is 3.04. The van der Waals surface area contributed by atoms with E-state index in [4.69, 9.17) is 23.8 Å². The summed E-state index contributed by atoms with van der Waals surface area (Å²) >= 11 is 11.5. The molecule has 1 aromatic heterocycles. The van der Waals surface area contributed by atoms with Gasteiger partial charge >= 0.3 is 0 Å². The molecule has 1 amide bonds. The molecule has 5 nitrogen and oxygen atoms in total. The molecule has 1 atom stereocenters. The van der Waals surface area contributed by atoms with Crippen molar-refractivity contribution in [2.45, 2.75) is 32.9 Å². The monoisotopic (exact) mass is 400 g/mol. The van der Waals surface area contributed by atoms with E-state index in [9.17, 15) is 4.79 Å². The molecule has 2 aromatic carbocycles. The molecule has 0 aliphatic carbocycles. The van der Waals surface area contributed by atoms with E-state index in [1.165, 1.54) is 0 Å². The minimum absolute atomic E-state index is 0.0547. The minimum Gasteiger partial charge on any atom is -0.352 e. The highest BCUT2D eigenvalue weighted by atomic mass is 35.5. The third-order valence-corrected chi connectivity index (χ3v) is 4.91. The van der Waals surface area contributed by atoms with Crippen LogP contribution in [0.15, 0.2) is 48.5 Å². The van der Waals surface area contributed by atoms with Crippen molar-refractivity contribution in [1.82, 2.24) is 20.1 Å². The Morgan fingerprint density at radius 1 is 1.30 bits per heavy atom. The number of carbonyl (C=O) groups is 1. The number of aromatic nitrogens is 3. The fourth-order valence-electron chi connectivity index (χ4n) is 2.98. The van der Waals surface area contributed by atoms with Gasteiger partial charge in [-0.25, -0.2) is 0 Å². The van der Waals surface area contributed by atoms with Crippen molar-refractivity contribution in [3.05, 3.63) is 69.5 Å². The SMILES string of the molecule is Cc1cccc(-c2n[nH]c(=S)n2CC(=O)N[C@@H](C)Cc2ccccc2Cl)c1. The highest BCUT2D eigenvalue weighted by Crippen LogP contribution is 2.19. The molecule has 0 aliphatic rings. The van der Waals surface area contributed by atoms with Gasteiger partial charge in [-0.3, -0.25) is 14.5 Å². The molecule has 7 heteroatoms. The van der Waals surface area contributed by atoms with Crippen LogP contribution in [0, 0.1) is 11.7 Å². The molecule has 0 fully saturated rings. The van der Waals surface area contributed by atoms with E-state index < -0.39 is 0 Å². The average molecular weight is 401 g/mol. The summed E-state index contributed by atoms with van der Waals surface area (Å²) in [5, 5.41) is 10.8. The molecular formula is C20H21ClN4OS. The predicted molar refractivity (Wildman–Crippen MR) is 110 cm³/mol. The maximum atomic E-state index is 12.5. The third kappa shape index (κ3) is 4.84. The maximum absolute atomic E-state index is 12.5. The van der Waals surface area contributed by atoms with Crippen molar-refractivity contribution in [1.29, 1.82) is 0 Å². The molecule has 27 heavy (non-hydrogen) atoms. The maximum Gasteiger partial charge on any atom is 0.240 e. The molecule has 0 bridgehead atoms. The Hall–Kier alpha value is -2.44. The zero-order chi connectivity index (χ0) is 19.4. The predicted octanol–water partition coefficient (Wildman–Crippen LogP) is 4.32. The second-order valence-electron chi connectivity index (χ2n) is 6.57. The molecule has 0 saturated heterocycles. The van der Waals surface area contributed by atoms with Gasteiger partial charge in [0, 0.05) is 16.6 Å². The van der Waals surface area contributed by atoms with Crippen molar-refractivity contribution >= 4 is 29.7 Å². The molecule has 3 rings (SSSR count). The average Bonchev–Trinajstić information content (AvgIpc) is 2.97. The molecule has 0 spiro atoms. The number of rotatable bonds is 6. The molecule has 140 valence electrons. The number of aromatic amines is 1. The lowest BCUT2D eigenvalue weighted by atomic mass is 10.1. The van der Waals surface area contributed by atoms with E-state index in [-0.39, 0.29) is 18.5 Å². The summed E-state index contributed by atoms with van der Waals surface area (Å²) in [6, 6.07) is 15.5. The number of H-pyrrole nitrogens is 1. The van der Waals surface area contributed by atoms with Gasteiger partial charge in [-0.1, -0.05) is 53.6 Å². The van der Waals surface area contributed by atoms with Gasteiger partial charge in [-0.2, -0.15) is 5.10 Å². The zero-order valence-electron chi connectivity index (χ0n) is 15.2. The summed E-state index contributed by atoms with van der Waals surface area (Å²) in [4.78, 5) is 12.5. The number of nitrogens with zero attached hydrogens (tertiary/aromatic N) is 2. The lowest BCUT2D eigenvalue weighted by molar-refractivity contribution is -0.122. The van der Waals surface area contributed by atoms with Gasteiger partial charge in [0.05, 0.1) is 0 Å². The van der Waals surface area contributed by atoms with Gasteiger partial charge < -0.3 is 5.32 Å². The van der Waals surface area contributed by atoms with Gasteiger partial charge in [0.1, 0.15) is 6.54 Å². The molecule has 3 aromatic rings. The number of halogens is 1. The number of nitrogens with one attached hydrogen (secondary N) is 2. The summed E-state index contributed by atoms with van der Waals surface area (Å²) in [7, 11) is 0. The van der Waals surface area contributed by atoms with Crippen molar-refractivity contribution in [3.63, 3.8) is 0 Å². The second kappa shape index (κ2) is 8.50. The van der Waals surface area contributed by atoms with Gasteiger partial charge in [0.2, 0.25) is 5.91 Å². The van der Waals surface area contributed by atoms with Crippen LogP contribution in [0.3, 0.4) is 0 Å². The number of amides is 1. The van der Waals surface area contributed by atoms with Crippen LogP contribution in [0.1, 0.15) is 18.1 Å². The fraction of sp³-hybridized carbons (Fsp3) is 0.250. The van der Waals surface area contributed by atoms with E-state index in [1.807, 2.05) is 62.4 Å². The van der Waals surface area contributed by atoms with E-state index in [1.54, 1.807) is 4.57 Å². The van der Waals surface area contributed by atoms with Crippen molar-refractivity contribution in [3.8, 4) is 11.4 Å². The molecule has 0 saturated carbocycles. The summed E-state index contributed by atoms with van der Waals surface area (Å²) < 4.78 is 2.13. The lowest BCUT2D eigenvalue weighted by Gasteiger charge is -2.15. The Morgan fingerprint density at radius 2 is 2.07 bits per heavy atom. The van der Waals surface area contributed by atoms with Crippen LogP contribution in [-0.4, -0.2) is 26.7 Å². The van der Waals surface area contributed by atoms with Crippen molar-refractivity contribution in [2.24, 2.45) is 0 Å². The first-order valence-corrected chi connectivity index (χ1v) is 9.47. The normalized spacial score (nSPS) is 12.0. The number of aryl methyl sites for hydroxylation is 1. The van der Waals surface area contributed by atoms with E-state index in [0.29, 0.717) is 22.0 Å². The number of hydrogen-bond acceptors (Lipinski definition) is 3. The standard InChI is InChI=1S/C20H21ClN4OS/c1-13-6-5-8-16(10-13)19-23-24-20(27)25(19)12-18(26)22-14(2)11-15-7-3-4-9-17(15)21/h3-10,14H,11-12H2,1-2H3,(H,22,26)(H,24,27)/t14-/m0/s1. The van der Waals surface area contributed by atoms with Crippen LogP contribution >= 0.6 is 23.8 Å². The number of carbonyl (C=O) groups excluding carboxylic acids is 1. The van der Waals surface area contributed by atoms with Crippen LogP contribution in [0.2, 0.25) is 5.02 Å². The molecule has 2 N–H and O–H groups in total. The van der Waals surface area contributed by atoms with Crippen LogP contribution in [0.5, 0.6) is 0 Å². The third-order valence-electron chi connectivity index (χ3n) is 4.23. The zero-order valence-corrected chi connectivity index (χ0v) is 16.8. The first-order valence-electron chi connectivity index (χ1n) is 8.69. The molecule has 0 aliphatic heterocycles. The van der Waals surface area contributed by atoms with Crippen LogP contribution in [0.4, 0.5) is 0 Å². The Balaban J connectivity index is 1.70. The van der Waals surface area contributed by atoms with E-state index >= 15 is 0 Å². The lowest BCUT2D eigenvalue weighted by Crippen LogP contribution is -2.36. The molecular weight excluding hydrogens is 380 g/mol. The van der Waals surface area contributed by atoms with Gasteiger partial charge in [0.15, 0.2) is 10.6 Å². The highest BCUT2D eigenvalue weighted by molar-refractivity contribution is 7.71. The number of hydrogen-bond donors (Lipinski definition) is 2. The highest BCUT2D eigenvalue weighted by Gasteiger charge is 2.15. The quantitative estimate of drug-likeness (QED) is 0.606. The Kier molecular flexibility index (Phi) is 6.08. The molecule has 0 unspecified atom stereocenters. The fourth-order valence-corrected chi connectivity index (χ4v) is 3.39. The summed E-state index contributed by atoms with van der Waals surface area (Å²) in [5.74, 6) is 0.526. The first kappa shape index (κ1) is 19.3. The van der Waals surface area contributed by atoms with E-state index in [0.717, 1.165) is 16.7 Å². The van der Waals surface area contributed by atoms with Crippen molar-refractivity contribution < 1.29 is 4.79 Å². The minimum atomic E-state index is -0.124. The largest absolute Gasteiger partial charge is 0.352 e. The Morgan fingerprint density at radius 3 is 2.81 bits per heavy atom. The second-order valence-corrected chi connectivity index (χ2v) is 7.37. The summed E-state index contributed by atoms with van der Waals surface area (Å²) in [6.45, 7) is 4.07. The van der Waals surface area contributed by atoms with E-state index in [2.05, 4.69) is 15.5 Å². The Bertz CT molecular complexity index is 1010. The van der Waals surface area contributed by atoms with Gasteiger partial charge in [-0.15, -0.1) is 0 Å². The first-order chi connectivity index (χ1) is 12.9. The Labute approximate surface area is 168 Å². The van der Waals surface area contributed by atoms with Gasteiger partial charge in [0.25, 0.3) is 0 Å². The van der Waals surface area contributed by atoms with Crippen LogP contribution in [-0.2, 0) is 17.8 Å². The van der Waals surface area contributed by atoms with Crippen LogP contribution in [0.25, 0.3) is 11.4 Å². The number of benzene rings is 2. The molecule has 0 radical (unpaired) electrons. The van der Waals surface area contributed by atoms with Crippen molar-refractivity contribution in [2.75, 3.05) is 0 Å². The summed E-state index contributed by atoms with van der Waals surface area (Å²) in [6.07, 6.45) is 0.660. The van der Waals surface area contributed by atoms with Crippen LogP contribution < -0.4 is 5.32 Å².